The normalized spacial score (nSPS) is 18.9. The molecular weight excluding hydrogens is 937 g/mol. The number of carboxylic acids is 1. The van der Waals surface area contributed by atoms with Crippen LogP contribution in [0.4, 0.5) is 11.4 Å². The summed E-state index contributed by atoms with van der Waals surface area (Å²) in [5.41, 5.74) is 3.15. The molecule has 0 radical (unpaired) electrons. The van der Waals surface area contributed by atoms with Crippen LogP contribution in [0, 0.1) is 0 Å². The molecule has 0 saturated heterocycles. The summed E-state index contributed by atoms with van der Waals surface area (Å²) in [6, 6.07) is 9.06. The van der Waals surface area contributed by atoms with Crippen LogP contribution >= 0.6 is 0 Å². The average molecular weight is 1010 g/mol. The molecule has 2 aliphatic heterocycles. The fourth-order valence-electron chi connectivity index (χ4n) is 8.49. The van der Waals surface area contributed by atoms with Crippen molar-refractivity contribution in [3.8, 4) is 0 Å². The fourth-order valence-corrected chi connectivity index (χ4v) is 9.49. The van der Waals surface area contributed by atoms with E-state index in [1.807, 2.05) is 51.2 Å². The van der Waals surface area contributed by atoms with Crippen LogP contribution in [0.25, 0.3) is 0 Å². The molecule has 386 valence electrons. The number of aliphatic carboxylic acids is 1. The van der Waals surface area contributed by atoms with Gasteiger partial charge in [-0.25, -0.2) is 8.42 Å². The van der Waals surface area contributed by atoms with Crippen LogP contribution in [0.3, 0.4) is 0 Å². The van der Waals surface area contributed by atoms with E-state index in [0.717, 1.165) is 22.8 Å². The Morgan fingerprint density at radius 1 is 0.681 bits per heavy atom. The second kappa shape index (κ2) is 28.8. The number of nitrogens with zero attached hydrogens (tertiary/aromatic N) is 2. The zero-order chi connectivity index (χ0) is 50.3. The molecule has 2 N–H and O–H groups in total. The number of carboxylic acid groups (broad SMARTS) is 1. The Morgan fingerprint density at radius 3 is 1.72 bits per heavy atom. The molecule has 2 aliphatic rings. The molecule has 0 bridgehead atoms. The lowest BCUT2D eigenvalue weighted by Crippen LogP contribution is -2.33. The molecule has 2 aromatic carbocycles. The third-order valence-electron chi connectivity index (χ3n) is 12.2. The van der Waals surface area contributed by atoms with Crippen molar-refractivity contribution in [2.24, 2.45) is 0 Å². The van der Waals surface area contributed by atoms with Crippen molar-refractivity contribution in [3.63, 3.8) is 0 Å². The van der Waals surface area contributed by atoms with Crippen LogP contribution in [0.2, 0.25) is 0 Å². The van der Waals surface area contributed by atoms with E-state index in [2.05, 4.69) is 9.48 Å². The van der Waals surface area contributed by atoms with Gasteiger partial charge in [0.1, 0.15) is 16.7 Å². The molecule has 0 aromatic heterocycles. The maximum Gasteiger partial charge on any atom is 0.303 e. The van der Waals surface area contributed by atoms with Gasteiger partial charge in [0.15, 0.2) is 5.71 Å². The molecule has 0 spiro atoms. The second-order valence-corrected chi connectivity index (χ2v) is 19.7. The maximum atomic E-state index is 12.4. The quantitative estimate of drug-likeness (QED) is 0.0355. The molecule has 0 aliphatic carbocycles. The van der Waals surface area contributed by atoms with Gasteiger partial charge in [0, 0.05) is 81.3 Å². The van der Waals surface area contributed by atoms with E-state index >= 15 is 0 Å². The largest absolute Gasteiger partial charge is 0.744 e. The van der Waals surface area contributed by atoms with Gasteiger partial charge < -0.3 is 52.5 Å². The van der Waals surface area contributed by atoms with Gasteiger partial charge in [-0.2, -0.15) is 13.0 Å². The highest BCUT2D eigenvalue weighted by atomic mass is 32.2. The first-order chi connectivity index (χ1) is 33.0. The first-order valence-electron chi connectivity index (χ1n) is 23.4. The van der Waals surface area contributed by atoms with E-state index in [-0.39, 0.29) is 16.2 Å². The summed E-state index contributed by atoms with van der Waals surface area (Å²) < 4.78 is 118. The highest BCUT2D eigenvalue weighted by molar-refractivity contribution is 7.86. The van der Waals surface area contributed by atoms with E-state index in [9.17, 15) is 35.8 Å². The van der Waals surface area contributed by atoms with Crippen molar-refractivity contribution in [1.29, 1.82) is 0 Å². The van der Waals surface area contributed by atoms with Crippen LogP contribution in [0.15, 0.2) is 82.3 Å². The second-order valence-electron chi connectivity index (χ2n) is 16.9. The number of allylic oxidation sites excluding steroid dienone is 6. The Kier molecular flexibility index (Phi) is 24.1. The molecule has 0 amide bonds. The SMILES string of the molecule is CCN1/C(=C/C=C/C=C/C2=[N+](CCCCCC(=O)O)c3ccc(S(=O)(=O)O)cc3C2(C)CCOCCOCCOCCOC)C(C)(CCOCCOCCOCCOC)c2cc(S(=O)(=O)[O-])ccc21. The Bertz CT molecular complexity index is 2300. The maximum absolute atomic E-state index is 12.4. The number of likely N-dealkylation sites (N-methyl/N-ethyl adjacent to an activating group) is 1. The van der Waals surface area contributed by atoms with Crippen molar-refractivity contribution in [1.82, 2.24) is 0 Å². The number of rotatable bonds is 36. The molecule has 2 atom stereocenters. The summed E-state index contributed by atoms with van der Waals surface area (Å²) in [6.07, 6.45) is 12.4. The van der Waals surface area contributed by atoms with Crippen molar-refractivity contribution in [2.75, 3.05) is 125 Å². The minimum absolute atomic E-state index is 0.0533. The molecule has 20 heteroatoms. The Hall–Kier alpha value is -3.90. The molecule has 2 heterocycles. The topological polar surface area (TPSA) is 229 Å². The minimum Gasteiger partial charge on any atom is -0.744 e. The standard InChI is InChI=1S/C49H72N2O16S2/c1-6-50-43-18-16-39(68(54,55)56)37-41(43)48(2,20-23-62-29-31-66-35-33-64-27-25-60-4)45(50)13-9-7-10-14-46-49(3,21-24-63-30-32-67-36-34-65-28-26-61-5)42-38-40(69(57,58)59)17-19-44(42)51(46)22-12-8-11-15-47(52)53/h7,9-10,13-14,16-19,37-38H,6,8,11-12,15,20-36H2,1-5H3,(H2-,52,53,54,55,56,57,58,59). The highest BCUT2D eigenvalue weighted by Crippen LogP contribution is 2.50. The van der Waals surface area contributed by atoms with Gasteiger partial charge in [0.2, 0.25) is 5.69 Å². The van der Waals surface area contributed by atoms with Gasteiger partial charge in [-0.05, 0) is 88.4 Å². The van der Waals surface area contributed by atoms with E-state index in [1.54, 1.807) is 26.4 Å². The number of fused-ring (bicyclic) bond motifs is 2. The summed E-state index contributed by atoms with van der Waals surface area (Å²) in [5.74, 6) is -0.862. The smallest absolute Gasteiger partial charge is 0.303 e. The zero-order valence-electron chi connectivity index (χ0n) is 40.7. The zero-order valence-corrected chi connectivity index (χ0v) is 42.4. The molecule has 18 nitrogen and oxygen atoms in total. The molecule has 2 aromatic rings. The lowest BCUT2D eigenvalue weighted by molar-refractivity contribution is -0.438. The number of hydrogen-bond acceptors (Lipinski definition) is 15. The van der Waals surface area contributed by atoms with Gasteiger partial charge in [-0.3, -0.25) is 9.35 Å². The molecule has 0 fully saturated rings. The summed E-state index contributed by atoms with van der Waals surface area (Å²) in [7, 11) is -6.06. The Morgan fingerprint density at radius 2 is 1.20 bits per heavy atom. The van der Waals surface area contributed by atoms with Crippen LogP contribution in [-0.2, 0) is 73.8 Å². The van der Waals surface area contributed by atoms with Crippen molar-refractivity contribution >= 4 is 43.3 Å². The first kappa shape index (κ1) is 57.7. The molecule has 4 rings (SSSR count). The molecule has 69 heavy (non-hydrogen) atoms. The van der Waals surface area contributed by atoms with E-state index < -0.39 is 37.0 Å². The molecule has 2 unspecified atom stereocenters. The molecular formula is C49H72N2O16S2. The van der Waals surface area contributed by atoms with Crippen LogP contribution in [0.1, 0.15) is 70.4 Å². The summed E-state index contributed by atoms with van der Waals surface area (Å²) in [6.45, 7) is 12.7. The minimum atomic E-state index is -4.74. The Labute approximate surface area is 408 Å². The number of carbonyl (C=O) groups is 1. The van der Waals surface area contributed by atoms with Gasteiger partial charge >= 0.3 is 5.97 Å². The van der Waals surface area contributed by atoms with E-state index in [0.29, 0.717) is 149 Å². The predicted molar refractivity (Wildman–Crippen MR) is 259 cm³/mol. The van der Waals surface area contributed by atoms with Gasteiger partial charge in [0.05, 0.1) is 94.5 Å². The summed E-state index contributed by atoms with van der Waals surface area (Å²) in [5, 5.41) is 9.23. The average Bonchev–Trinajstić information content (AvgIpc) is 3.68. The van der Waals surface area contributed by atoms with Crippen molar-refractivity contribution in [3.05, 3.63) is 83.6 Å². The van der Waals surface area contributed by atoms with Gasteiger partial charge in [-0.15, -0.1) is 0 Å². The van der Waals surface area contributed by atoms with Crippen molar-refractivity contribution in [2.45, 2.75) is 79.9 Å². The van der Waals surface area contributed by atoms with Crippen molar-refractivity contribution < 1.29 is 78.3 Å². The number of anilines is 1. The van der Waals surface area contributed by atoms with E-state index in [1.165, 1.54) is 24.3 Å². The summed E-state index contributed by atoms with van der Waals surface area (Å²) >= 11 is 0. The Balaban J connectivity index is 1.62. The third-order valence-corrected chi connectivity index (χ3v) is 13.8. The van der Waals surface area contributed by atoms with Gasteiger partial charge in [0.25, 0.3) is 10.1 Å². The molecule has 0 saturated carbocycles. The highest BCUT2D eigenvalue weighted by Gasteiger charge is 2.48. The monoisotopic (exact) mass is 1010 g/mol. The van der Waals surface area contributed by atoms with Crippen LogP contribution in [-0.4, -0.2) is 167 Å². The number of benzene rings is 2. The van der Waals surface area contributed by atoms with Crippen LogP contribution < -0.4 is 4.90 Å². The predicted octanol–water partition coefficient (Wildman–Crippen LogP) is 5.81. The lowest BCUT2D eigenvalue weighted by Gasteiger charge is -2.30. The third kappa shape index (κ3) is 17.1. The van der Waals surface area contributed by atoms with Gasteiger partial charge in [-0.1, -0.05) is 18.2 Å². The van der Waals surface area contributed by atoms with E-state index in [4.69, 9.17) is 37.9 Å². The fraction of sp³-hybridized carbons (Fsp3) is 0.592. The number of ether oxygens (including phenoxy) is 8. The lowest BCUT2D eigenvalue weighted by atomic mass is 9.76. The first-order valence-corrected chi connectivity index (χ1v) is 26.2. The number of methoxy groups -OCH3 is 2. The summed E-state index contributed by atoms with van der Waals surface area (Å²) in [4.78, 5) is 12.8. The van der Waals surface area contributed by atoms with Crippen LogP contribution in [0.5, 0.6) is 0 Å². The number of hydrogen-bond donors (Lipinski definition) is 2. The number of unbranched alkanes of at least 4 members (excludes halogenated alkanes) is 2.